The maximum absolute atomic E-state index is 5.86. The molecule has 3 heteroatoms. The average molecular weight is 196 g/mol. The maximum Gasteiger partial charge on any atom is 0.0707 e. The lowest BCUT2D eigenvalue weighted by atomic mass is 10.0. The van der Waals surface area contributed by atoms with E-state index in [2.05, 4.69) is 10.2 Å². The zero-order chi connectivity index (χ0) is 9.38. The standard InChI is InChI=1S/C11H20N2O/c1-2-9(6-12-5-1)13-7-10-3-4-11(8-13)14-10/h9-12H,1-8H2. The predicted molar refractivity (Wildman–Crippen MR) is 55.4 cm³/mol. The Balaban J connectivity index is 1.61. The van der Waals surface area contributed by atoms with Crippen LogP contribution in [0.4, 0.5) is 0 Å². The summed E-state index contributed by atoms with van der Waals surface area (Å²) in [5, 5.41) is 3.50. The monoisotopic (exact) mass is 196 g/mol. The number of hydrogen-bond acceptors (Lipinski definition) is 3. The molecule has 0 spiro atoms. The van der Waals surface area contributed by atoms with Gasteiger partial charge in [0.25, 0.3) is 0 Å². The van der Waals surface area contributed by atoms with Crippen molar-refractivity contribution in [1.29, 1.82) is 0 Å². The van der Waals surface area contributed by atoms with Gasteiger partial charge >= 0.3 is 0 Å². The maximum atomic E-state index is 5.86. The number of likely N-dealkylation sites (tertiary alicyclic amines) is 1. The molecule has 1 N–H and O–H groups in total. The van der Waals surface area contributed by atoms with Crippen molar-refractivity contribution in [1.82, 2.24) is 10.2 Å². The first-order chi connectivity index (χ1) is 6.92. The lowest BCUT2D eigenvalue weighted by Gasteiger charge is -2.39. The van der Waals surface area contributed by atoms with E-state index in [1.807, 2.05) is 0 Å². The van der Waals surface area contributed by atoms with E-state index >= 15 is 0 Å². The van der Waals surface area contributed by atoms with Gasteiger partial charge in [-0.25, -0.2) is 0 Å². The summed E-state index contributed by atoms with van der Waals surface area (Å²) in [4.78, 5) is 2.66. The van der Waals surface area contributed by atoms with Crippen LogP contribution in [0.5, 0.6) is 0 Å². The largest absolute Gasteiger partial charge is 0.372 e. The second-order valence-corrected chi connectivity index (χ2v) is 4.91. The summed E-state index contributed by atoms with van der Waals surface area (Å²) in [6.45, 7) is 4.78. The van der Waals surface area contributed by atoms with Crippen molar-refractivity contribution in [3.63, 3.8) is 0 Å². The molecule has 0 aromatic carbocycles. The zero-order valence-corrected chi connectivity index (χ0v) is 8.74. The molecule has 14 heavy (non-hydrogen) atoms. The molecule has 3 heterocycles. The van der Waals surface area contributed by atoms with Gasteiger partial charge < -0.3 is 10.1 Å². The van der Waals surface area contributed by atoms with Gasteiger partial charge in [0.2, 0.25) is 0 Å². The van der Waals surface area contributed by atoms with Gasteiger partial charge in [0.1, 0.15) is 0 Å². The molecule has 3 unspecified atom stereocenters. The van der Waals surface area contributed by atoms with Crippen molar-refractivity contribution in [3.05, 3.63) is 0 Å². The highest BCUT2D eigenvalue weighted by molar-refractivity contribution is 4.89. The highest BCUT2D eigenvalue weighted by Crippen LogP contribution is 2.28. The molecular formula is C11H20N2O. The normalized spacial score (nSPS) is 44.1. The molecule has 3 aliphatic heterocycles. The number of nitrogens with zero attached hydrogens (tertiary/aromatic N) is 1. The summed E-state index contributed by atoms with van der Waals surface area (Å²) in [5.41, 5.74) is 0. The van der Waals surface area contributed by atoms with Crippen LogP contribution in [0.25, 0.3) is 0 Å². The molecule has 0 saturated carbocycles. The Morgan fingerprint density at radius 2 is 1.86 bits per heavy atom. The predicted octanol–water partition coefficient (Wildman–Crippen LogP) is 0.602. The molecule has 0 aliphatic carbocycles. The molecule has 0 amide bonds. The Kier molecular flexibility index (Phi) is 2.48. The fourth-order valence-corrected chi connectivity index (χ4v) is 3.09. The molecule has 3 nitrogen and oxygen atoms in total. The molecule has 3 rings (SSSR count). The van der Waals surface area contributed by atoms with Gasteiger partial charge in [-0.15, -0.1) is 0 Å². The Labute approximate surface area is 85.8 Å². The first-order valence-corrected chi connectivity index (χ1v) is 6.02. The van der Waals surface area contributed by atoms with Crippen LogP contribution < -0.4 is 5.32 Å². The number of rotatable bonds is 1. The second kappa shape index (κ2) is 3.80. The molecule has 80 valence electrons. The third-order valence-electron chi connectivity index (χ3n) is 3.86. The van der Waals surface area contributed by atoms with Crippen LogP contribution >= 0.6 is 0 Å². The van der Waals surface area contributed by atoms with Gasteiger partial charge in [-0.3, -0.25) is 4.90 Å². The van der Waals surface area contributed by atoms with Crippen molar-refractivity contribution in [2.75, 3.05) is 26.2 Å². The minimum atomic E-state index is 0.552. The smallest absolute Gasteiger partial charge is 0.0707 e. The van der Waals surface area contributed by atoms with E-state index in [-0.39, 0.29) is 0 Å². The molecule has 3 saturated heterocycles. The lowest BCUT2D eigenvalue weighted by molar-refractivity contribution is -0.0553. The van der Waals surface area contributed by atoms with Gasteiger partial charge in [-0.2, -0.15) is 0 Å². The van der Waals surface area contributed by atoms with Crippen LogP contribution in [0.2, 0.25) is 0 Å². The van der Waals surface area contributed by atoms with Crippen LogP contribution in [0, 0.1) is 0 Å². The molecule has 0 aromatic heterocycles. The number of fused-ring (bicyclic) bond motifs is 2. The van der Waals surface area contributed by atoms with Crippen LogP contribution in [-0.2, 0) is 4.74 Å². The molecule has 2 bridgehead atoms. The Bertz CT molecular complexity index is 191. The fourth-order valence-electron chi connectivity index (χ4n) is 3.09. The summed E-state index contributed by atoms with van der Waals surface area (Å²) in [6.07, 6.45) is 6.42. The summed E-state index contributed by atoms with van der Waals surface area (Å²) in [7, 11) is 0. The molecule has 0 aromatic rings. The minimum Gasteiger partial charge on any atom is -0.372 e. The zero-order valence-electron chi connectivity index (χ0n) is 8.74. The van der Waals surface area contributed by atoms with E-state index in [0.29, 0.717) is 12.2 Å². The quantitative estimate of drug-likeness (QED) is 0.665. The van der Waals surface area contributed by atoms with Crippen molar-refractivity contribution in [2.24, 2.45) is 0 Å². The fraction of sp³-hybridized carbons (Fsp3) is 1.00. The van der Waals surface area contributed by atoms with Crippen molar-refractivity contribution >= 4 is 0 Å². The number of ether oxygens (including phenoxy) is 1. The van der Waals surface area contributed by atoms with Crippen molar-refractivity contribution in [2.45, 2.75) is 43.9 Å². The summed E-state index contributed by atoms with van der Waals surface area (Å²) >= 11 is 0. The third kappa shape index (κ3) is 1.69. The molecule has 0 radical (unpaired) electrons. The Morgan fingerprint density at radius 3 is 2.50 bits per heavy atom. The first kappa shape index (κ1) is 9.13. The SMILES string of the molecule is C1CNCC(N2CC3CCC(C2)O3)C1. The number of nitrogens with one attached hydrogen (secondary N) is 1. The van der Waals surface area contributed by atoms with Gasteiger partial charge in [0.05, 0.1) is 12.2 Å². The van der Waals surface area contributed by atoms with Gasteiger partial charge in [-0.05, 0) is 32.2 Å². The Morgan fingerprint density at radius 1 is 1.07 bits per heavy atom. The van der Waals surface area contributed by atoms with E-state index in [9.17, 15) is 0 Å². The van der Waals surface area contributed by atoms with Crippen LogP contribution in [0.3, 0.4) is 0 Å². The lowest BCUT2D eigenvalue weighted by Crippen LogP contribution is -2.52. The topological polar surface area (TPSA) is 24.5 Å². The summed E-state index contributed by atoms with van der Waals surface area (Å²) in [5.74, 6) is 0. The summed E-state index contributed by atoms with van der Waals surface area (Å²) in [6, 6.07) is 0.788. The van der Waals surface area contributed by atoms with Crippen LogP contribution in [0.1, 0.15) is 25.7 Å². The number of morpholine rings is 1. The van der Waals surface area contributed by atoms with Gasteiger partial charge in [-0.1, -0.05) is 0 Å². The van der Waals surface area contributed by atoms with Crippen molar-refractivity contribution in [3.8, 4) is 0 Å². The van der Waals surface area contributed by atoms with Gasteiger partial charge in [0.15, 0.2) is 0 Å². The van der Waals surface area contributed by atoms with E-state index in [0.717, 1.165) is 6.04 Å². The second-order valence-electron chi connectivity index (χ2n) is 4.91. The van der Waals surface area contributed by atoms with Crippen LogP contribution in [0.15, 0.2) is 0 Å². The van der Waals surface area contributed by atoms with E-state index in [1.165, 1.54) is 51.9 Å². The molecule has 3 aliphatic rings. The van der Waals surface area contributed by atoms with E-state index in [1.54, 1.807) is 0 Å². The number of hydrogen-bond donors (Lipinski definition) is 1. The van der Waals surface area contributed by atoms with Gasteiger partial charge in [0, 0.05) is 25.7 Å². The third-order valence-corrected chi connectivity index (χ3v) is 3.86. The highest BCUT2D eigenvalue weighted by atomic mass is 16.5. The first-order valence-electron chi connectivity index (χ1n) is 6.02. The average Bonchev–Trinajstić information content (AvgIpc) is 2.59. The van der Waals surface area contributed by atoms with Crippen molar-refractivity contribution < 1.29 is 4.74 Å². The molecule has 3 fully saturated rings. The molecular weight excluding hydrogens is 176 g/mol. The van der Waals surface area contributed by atoms with E-state index in [4.69, 9.17) is 4.74 Å². The summed E-state index contributed by atoms with van der Waals surface area (Å²) < 4.78 is 5.86. The van der Waals surface area contributed by atoms with E-state index < -0.39 is 0 Å². The highest BCUT2D eigenvalue weighted by Gasteiger charge is 2.36. The molecule has 3 atom stereocenters. The number of piperidine rings is 1. The van der Waals surface area contributed by atoms with Crippen LogP contribution in [-0.4, -0.2) is 49.3 Å². The Hall–Kier alpha value is -0.120. The minimum absolute atomic E-state index is 0.552.